The number of esters is 1. The van der Waals surface area contributed by atoms with E-state index in [1.54, 1.807) is 0 Å². The first-order chi connectivity index (χ1) is 15.2. The molecule has 0 aliphatic heterocycles. The van der Waals surface area contributed by atoms with Crippen LogP contribution in [-0.2, 0) is 16.0 Å². The second-order valence-corrected chi connectivity index (χ2v) is 10.2. The predicted octanol–water partition coefficient (Wildman–Crippen LogP) is 7.40. The van der Waals surface area contributed by atoms with Crippen molar-refractivity contribution in [3.63, 3.8) is 0 Å². The molecule has 32 heavy (non-hydrogen) atoms. The minimum atomic E-state index is -0.506. The van der Waals surface area contributed by atoms with Crippen molar-refractivity contribution in [1.82, 2.24) is 5.32 Å². The molecule has 2 aromatic rings. The summed E-state index contributed by atoms with van der Waals surface area (Å²) in [5, 5.41) is 5.97. The van der Waals surface area contributed by atoms with Crippen LogP contribution in [0, 0.1) is 5.92 Å². The number of carbonyl (C=O) groups excluding carboxylic acids is 1. The fourth-order valence-corrected chi connectivity index (χ4v) is 4.37. The van der Waals surface area contributed by atoms with Gasteiger partial charge in [0.1, 0.15) is 11.6 Å². The summed E-state index contributed by atoms with van der Waals surface area (Å²) in [5.74, 6) is -0.000288. The molecule has 0 aliphatic carbocycles. The molecule has 0 radical (unpaired) electrons. The number of carbonyl (C=O) groups is 1. The van der Waals surface area contributed by atoms with E-state index in [1.165, 1.54) is 29.2 Å². The molecular weight excluding hydrogens is 414 g/mol. The number of thiocarbonyl (C=S) groups is 1. The van der Waals surface area contributed by atoms with Gasteiger partial charge in [-0.1, -0.05) is 101 Å². The van der Waals surface area contributed by atoms with Crippen molar-refractivity contribution < 1.29 is 9.53 Å². The Labute approximate surface area is 200 Å². The molecular formula is C28H41NO2S. The van der Waals surface area contributed by atoms with E-state index in [0.29, 0.717) is 0 Å². The van der Waals surface area contributed by atoms with Crippen LogP contribution in [0.25, 0.3) is 10.8 Å². The van der Waals surface area contributed by atoms with E-state index >= 15 is 0 Å². The van der Waals surface area contributed by atoms with E-state index < -0.39 is 5.60 Å². The molecule has 0 heterocycles. The highest BCUT2D eigenvalue weighted by Crippen LogP contribution is 2.25. The molecule has 2 aromatic carbocycles. The lowest BCUT2D eigenvalue weighted by Gasteiger charge is -2.27. The summed E-state index contributed by atoms with van der Waals surface area (Å²) in [6.07, 6.45) is 8.15. The van der Waals surface area contributed by atoms with Gasteiger partial charge in [0.15, 0.2) is 0 Å². The van der Waals surface area contributed by atoms with Crippen LogP contribution >= 0.6 is 12.2 Å². The Hall–Kier alpha value is -1.94. The van der Waals surface area contributed by atoms with Crippen LogP contribution in [0.3, 0.4) is 0 Å². The zero-order chi connectivity index (χ0) is 23.6. The molecule has 4 heteroatoms. The second kappa shape index (κ2) is 12.9. The van der Waals surface area contributed by atoms with E-state index in [4.69, 9.17) is 17.0 Å². The smallest absolute Gasteiger partial charge is 0.329 e. The maximum Gasteiger partial charge on any atom is 0.329 e. The van der Waals surface area contributed by atoms with Gasteiger partial charge < -0.3 is 10.1 Å². The minimum absolute atomic E-state index is 0.203. The van der Waals surface area contributed by atoms with Crippen molar-refractivity contribution >= 4 is 33.9 Å². The second-order valence-electron chi connectivity index (χ2n) is 9.77. The number of ether oxygens (including phenoxy) is 1. The fourth-order valence-electron chi connectivity index (χ4n) is 4.02. The molecule has 0 saturated heterocycles. The van der Waals surface area contributed by atoms with E-state index in [0.717, 1.165) is 43.5 Å². The zero-order valence-corrected chi connectivity index (χ0v) is 21.4. The van der Waals surface area contributed by atoms with Crippen LogP contribution in [-0.4, -0.2) is 22.6 Å². The van der Waals surface area contributed by atoms with Gasteiger partial charge in [0.25, 0.3) is 0 Å². The normalized spacial score (nSPS) is 13.5. The quantitative estimate of drug-likeness (QED) is 0.206. The highest BCUT2D eigenvalue weighted by molar-refractivity contribution is 7.80. The summed E-state index contributed by atoms with van der Waals surface area (Å²) in [5.41, 5.74) is 0.810. The van der Waals surface area contributed by atoms with Crippen LogP contribution in [0.15, 0.2) is 42.5 Å². The Balaban J connectivity index is 2.21. The average Bonchev–Trinajstić information content (AvgIpc) is 2.74. The third kappa shape index (κ3) is 8.54. The van der Waals surface area contributed by atoms with Gasteiger partial charge >= 0.3 is 5.97 Å². The van der Waals surface area contributed by atoms with E-state index in [9.17, 15) is 4.79 Å². The highest BCUT2D eigenvalue weighted by Gasteiger charge is 2.27. The first-order valence-electron chi connectivity index (χ1n) is 12.2. The Kier molecular flexibility index (Phi) is 10.6. The van der Waals surface area contributed by atoms with Crippen LogP contribution < -0.4 is 5.32 Å². The molecule has 0 aliphatic rings. The SMILES string of the molecule is CCCCC[C@@H](Cc1cccc2ccccc12)C(=S)N[C@@H](CCCC)C(=O)OC(C)(C)C. The molecule has 0 saturated carbocycles. The number of hydrogen-bond donors (Lipinski definition) is 1. The van der Waals surface area contributed by atoms with Gasteiger partial charge in [-0.15, -0.1) is 0 Å². The number of hydrogen-bond acceptors (Lipinski definition) is 3. The zero-order valence-electron chi connectivity index (χ0n) is 20.6. The van der Waals surface area contributed by atoms with Gasteiger partial charge in [0.2, 0.25) is 0 Å². The number of unbranched alkanes of at least 4 members (excludes halogenated alkanes) is 3. The fraction of sp³-hybridized carbons (Fsp3) is 0.571. The lowest BCUT2D eigenvalue weighted by molar-refractivity contribution is -0.157. The highest BCUT2D eigenvalue weighted by atomic mass is 32.1. The van der Waals surface area contributed by atoms with Gasteiger partial charge in [-0.3, -0.25) is 0 Å². The van der Waals surface area contributed by atoms with Gasteiger partial charge in [0.05, 0.1) is 4.99 Å². The van der Waals surface area contributed by atoms with Gasteiger partial charge in [-0.2, -0.15) is 0 Å². The molecule has 0 fully saturated rings. The molecule has 0 amide bonds. The third-order valence-electron chi connectivity index (χ3n) is 5.73. The minimum Gasteiger partial charge on any atom is -0.458 e. The standard InChI is InChI=1S/C28H41NO2S/c1-6-8-10-15-23(20-22-17-13-16-21-14-11-12-18-24(21)22)26(32)29-25(19-9-7-2)27(30)31-28(3,4)5/h11-14,16-18,23,25H,6-10,15,19-20H2,1-5H3,(H,29,32)/t23-,25-/m0/s1. The van der Waals surface area contributed by atoms with Crippen molar-refractivity contribution in [2.75, 3.05) is 0 Å². The molecule has 176 valence electrons. The molecule has 3 nitrogen and oxygen atoms in total. The molecule has 2 atom stereocenters. The van der Waals surface area contributed by atoms with E-state index in [1.807, 2.05) is 20.8 Å². The van der Waals surface area contributed by atoms with Crippen molar-refractivity contribution in [2.24, 2.45) is 5.92 Å². The molecule has 0 spiro atoms. The topological polar surface area (TPSA) is 38.3 Å². The molecule has 1 N–H and O–H groups in total. The van der Waals surface area contributed by atoms with Gasteiger partial charge in [0, 0.05) is 5.92 Å². The largest absolute Gasteiger partial charge is 0.458 e. The lowest BCUT2D eigenvalue weighted by Crippen LogP contribution is -2.46. The van der Waals surface area contributed by atoms with Crippen molar-refractivity contribution in [3.8, 4) is 0 Å². The van der Waals surface area contributed by atoms with Crippen molar-refractivity contribution in [1.29, 1.82) is 0 Å². The molecule has 2 rings (SSSR count). The summed E-state index contributed by atoms with van der Waals surface area (Å²) in [6.45, 7) is 10.1. The Bertz CT molecular complexity index is 866. The first kappa shape index (κ1) is 26.3. The lowest BCUT2D eigenvalue weighted by atomic mass is 9.90. The van der Waals surface area contributed by atoms with Crippen LogP contribution in [0.4, 0.5) is 0 Å². The van der Waals surface area contributed by atoms with Crippen molar-refractivity contribution in [2.45, 2.75) is 97.6 Å². The van der Waals surface area contributed by atoms with Crippen LogP contribution in [0.2, 0.25) is 0 Å². The molecule has 0 bridgehead atoms. The summed E-state index contributed by atoms with van der Waals surface area (Å²) in [4.78, 5) is 13.7. The maximum absolute atomic E-state index is 12.9. The molecule has 0 unspecified atom stereocenters. The number of benzene rings is 2. The van der Waals surface area contributed by atoms with Gasteiger partial charge in [-0.25, -0.2) is 4.79 Å². The summed E-state index contributed by atoms with van der Waals surface area (Å²) < 4.78 is 5.69. The number of rotatable bonds is 12. The number of fused-ring (bicyclic) bond motifs is 1. The predicted molar refractivity (Wildman–Crippen MR) is 140 cm³/mol. The van der Waals surface area contributed by atoms with E-state index in [-0.39, 0.29) is 17.9 Å². The van der Waals surface area contributed by atoms with Gasteiger partial charge in [-0.05, 0) is 56.4 Å². The number of nitrogens with one attached hydrogen (secondary N) is 1. The third-order valence-corrected chi connectivity index (χ3v) is 6.18. The summed E-state index contributed by atoms with van der Waals surface area (Å²) in [6, 6.07) is 14.6. The summed E-state index contributed by atoms with van der Waals surface area (Å²) in [7, 11) is 0. The maximum atomic E-state index is 12.9. The van der Waals surface area contributed by atoms with Crippen LogP contribution in [0.5, 0.6) is 0 Å². The Morgan fingerprint density at radius 1 is 0.969 bits per heavy atom. The van der Waals surface area contributed by atoms with Crippen LogP contribution in [0.1, 0.15) is 85.1 Å². The summed E-state index contributed by atoms with van der Waals surface area (Å²) >= 11 is 5.92. The van der Waals surface area contributed by atoms with Crippen molar-refractivity contribution in [3.05, 3.63) is 48.0 Å². The molecule has 0 aromatic heterocycles. The Morgan fingerprint density at radius 2 is 1.66 bits per heavy atom. The monoisotopic (exact) mass is 455 g/mol. The Morgan fingerprint density at radius 3 is 2.34 bits per heavy atom. The van der Waals surface area contributed by atoms with E-state index in [2.05, 4.69) is 61.6 Å². The average molecular weight is 456 g/mol. The first-order valence-corrected chi connectivity index (χ1v) is 12.7.